The first-order chi connectivity index (χ1) is 9.67. The molecule has 1 unspecified atom stereocenters. The van der Waals surface area contributed by atoms with E-state index >= 15 is 0 Å². The molecule has 116 valence electrons. The molecule has 0 bridgehead atoms. The molecule has 1 aromatic heterocycles. The van der Waals surface area contributed by atoms with Crippen molar-refractivity contribution in [1.29, 1.82) is 0 Å². The summed E-state index contributed by atoms with van der Waals surface area (Å²) in [6.45, 7) is 10.7. The van der Waals surface area contributed by atoms with Crippen LogP contribution < -0.4 is 5.32 Å². The van der Waals surface area contributed by atoms with Crippen LogP contribution in [0.4, 0.5) is 0 Å². The summed E-state index contributed by atoms with van der Waals surface area (Å²) in [5.74, 6) is 1.15. The molecule has 1 heterocycles. The van der Waals surface area contributed by atoms with E-state index in [1.807, 2.05) is 13.3 Å². The van der Waals surface area contributed by atoms with Crippen molar-refractivity contribution in [2.45, 2.75) is 71.6 Å². The summed E-state index contributed by atoms with van der Waals surface area (Å²) in [6.07, 6.45) is 8.04. The van der Waals surface area contributed by atoms with Gasteiger partial charge in [-0.2, -0.15) is 0 Å². The van der Waals surface area contributed by atoms with Crippen LogP contribution in [0, 0.1) is 0 Å². The highest BCUT2D eigenvalue weighted by atomic mass is 16.5. The molecular formula is C16H31N3O. The second kappa shape index (κ2) is 8.42. The van der Waals surface area contributed by atoms with Gasteiger partial charge in [0, 0.05) is 38.5 Å². The quantitative estimate of drug-likeness (QED) is 0.716. The van der Waals surface area contributed by atoms with Crippen molar-refractivity contribution in [2.24, 2.45) is 0 Å². The number of imidazole rings is 1. The Hall–Kier alpha value is -0.870. The number of aromatic nitrogens is 2. The molecule has 4 nitrogen and oxygen atoms in total. The Balaban J connectivity index is 2.93. The maximum Gasteiger partial charge on any atom is 0.110 e. The van der Waals surface area contributed by atoms with Gasteiger partial charge in [-0.05, 0) is 25.8 Å². The van der Waals surface area contributed by atoms with Gasteiger partial charge in [0.25, 0.3) is 0 Å². The molecule has 1 N–H and O–H groups in total. The van der Waals surface area contributed by atoms with Gasteiger partial charge in [0.2, 0.25) is 0 Å². The minimum atomic E-state index is -0.112. The van der Waals surface area contributed by atoms with Crippen LogP contribution in [0.2, 0.25) is 0 Å². The van der Waals surface area contributed by atoms with Crippen molar-refractivity contribution >= 4 is 0 Å². The Bertz CT molecular complexity index is 363. The molecule has 0 spiro atoms. The predicted octanol–water partition coefficient (Wildman–Crippen LogP) is 3.02. The third kappa shape index (κ3) is 3.83. The van der Waals surface area contributed by atoms with Gasteiger partial charge in [0.15, 0.2) is 0 Å². The van der Waals surface area contributed by atoms with Gasteiger partial charge in [-0.25, -0.2) is 4.98 Å². The van der Waals surface area contributed by atoms with Crippen LogP contribution in [-0.2, 0) is 17.7 Å². The Morgan fingerprint density at radius 2 is 2.00 bits per heavy atom. The lowest BCUT2D eigenvalue weighted by Crippen LogP contribution is -2.53. The van der Waals surface area contributed by atoms with Crippen molar-refractivity contribution in [2.75, 3.05) is 13.7 Å². The summed E-state index contributed by atoms with van der Waals surface area (Å²) in [5, 5.41) is 3.61. The van der Waals surface area contributed by atoms with E-state index in [4.69, 9.17) is 4.74 Å². The molecule has 0 fully saturated rings. The molecule has 0 saturated carbocycles. The number of likely N-dealkylation sites (N-methyl/N-ethyl adjacent to an activating group) is 1. The first kappa shape index (κ1) is 17.2. The predicted molar refractivity (Wildman–Crippen MR) is 84.0 cm³/mol. The highest BCUT2D eigenvalue weighted by Crippen LogP contribution is 2.26. The summed E-state index contributed by atoms with van der Waals surface area (Å²) < 4.78 is 8.16. The van der Waals surface area contributed by atoms with Crippen molar-refractivity contribution in [3.63, 3.8) is 0 Å². The van der Waals surface area contributed by atoms with Gasteiger partial charge in [-0.1, -0.05) is 27.7 Å². The third-order valence-corrected chi connectivity index (χ3v) is 4.34. The maximum atomic E-state index is 5.90. The Morgan fingerprint density at radius 3 is 2.50 bits per heavy atom. The van der Waals surface area contributed by atoms with Crippen molar-refractivity contribution in [3.05, 3.63) is 18.2 Å². The monoisotopic (exact) mass is 281 g/mol. The Kier molecular flexibility index (Phi) is 7.24. The third-order valence-electron chi connectivity index (χ3n) is 4.34. The average Bonchev–Trinajstić information content (AvgIpc) is 2.89. The molecule has 0 aromatic carbocycles. The van der Waals surface area contributed by atoms with E-state index in [1.54, 1.807) is 0 Å². The van der Waals surface area contributed by atoms with Crippen molar-refractivity contribution in [3.8, 4) is 0 Å². The van der Waals surface area contributed by atoms with Crippen LogP contribution in [0.3, 0.4) is 0 Å². The second-order valence-electron chi connectivity index (χ2n) is 5.33. The normalized spacial score (nSPS) is 13.7. The number of hydrogen-bond acceptors (Lipinski definition) is 3. The molecule has 1 atom stereocenters. The summed E-state index contributed by atoms with van der Waals surface area (Å²) >= 11 is 0. The molecule has 0 aliphatic rings. The van der Waals surface area contributed by atoms with E-state index in [-0.39, 0.29) is 5.60 Å². The topological polar surface area (TPSA) is 39.1 Å². The number of nitrogens with one attached hydrogen (secondary N) is 1. The SMILES string of the molecule is CCCn1ccnc1CC(NCC)C(CC)(CC)OC. The summed E-state index contributed by atoms with van der Waals surface area (Å²) in [7, 11) is 1.83. The van der Waals surface area contributed by atoms with Gasteiger partial charge in [0.05, 0.1) is 5.60 Å². The highest BCUT2D eigenvalue weighted by molar-refractivity contribution is 5.02. The van der Waals surface area contributed by atoms with Crippen LogP contribution in [0.5, 0.6) is 0 Å². The van der Waals surface area contributed by atoms with Crippen LogP contribution in [-0.4, -0.2) is 34.8 Å². The smallest absolute Gasteiger partial charge is 0.110 e. The fourth-order valence-corrected chi connectivity index (χ4v) is 3.02. The van der Waals surface area contributed by atoms with Crippen LogP contribution >= 0.6 is 0 Å². The molecular weight excluding hydrogens is 250 g/mol. The lowest BCUT2D eigenvalue weighted by molar-refractivity contribution is -0.0474. The molecule has 0 saturated heterocycles. The average molecular weight is 281 g/mol. The fraction of sp³-hybridized carbons (Fsp3) is 0.812. The number of nitrogens with zero attached hydrogens (tertiary/aromatic N) is 2. The van der Waals surface area contributed by atoms with Crippen molar-refractivity contribution in [1.82, 2.24) is 14.9 Å². The molecule has 1 aromatic rings. The Morgan fingerprint density at radius 1 is 1.30 bits per heavy atom. The minimum absolute atomic E-state index is 0.112. The second-order valence-corrected chi connectivity index (χ2v) is 5.33. The van der Waals surface area contributed by atoms with Gasteiger partial charge in [-0.15, -0.1) is 0 Å². The first-order valence-corrected chi connectivity index (χ1v) is 7.95. The van der Waals surface area contributed by atoms with Crippen LogP contribution in [0.15, 0.2) is 12.4 Å². The van der Waals surface area contributed by atoms with Gasteiger partial charge in [-0.3, -0.25) is 0 Å². The standard InChI is InChI=1S/C16H31N3O/c1-6-11-19-12-10-18-15(19)13-14(17-9-4)16(7-2,8-3)20-5/h10,12,14,17H,6-9,11,13H2,1-5H3. The molecule has 4 heteroatoms. The first-order valence-electron chi connectivity index (χ1n) is 7.95. The largest absolute Gasteiger partial charge is 0.377 e. The zero-order chi connectivity index (χ0) is 15.0. The highest BCUT2D eigenvalue weighted by Gasteiger charge is 2.36. The molecule has 1 rings (SSSR count). The lowest BCUT2D eigenvalue weighted by atomic mass is 9.86. The maximum absolute atomic E-state index is 5.90. The van der Waals surface area contributed by atoms with E-state index in [9.17, 15) is 0 Å². The van der Waals surface area contributed by atoms with Crippen LogP contribution in [0.25, 0.3) is 0 Å². The Labute approximate surface area is 123 Å². The summed E-state index contributed by atoms with van der Waals surface area (Å²) in [4.78, 5) is 4.54. The number of rotatable bonds is 10. The van der Waals surface area contributed by atoms with E-state index in [2.05, 4.69) is 48.8 Å². The van der Waals surface area contributed by atoms with Crippen LogP contribution in [0.1, 0.15) is 52.8 Å². The van der Waals surface area contributed by atoms with Gasteiger partial charge in [0.1, 0.15) is 5.82 Å². The molecule has 20 heavy (non-hydrogen) atoms. The van der Waals surface area contributed by atoms with E-state index in [0.29, 0.717) is 6.04 Å². The minimum Gasteiger partial charge on any atom is -0.377 e. The molecule has 0 amide bonds. The van der Waals surface area contributed by atoms with Gasteiger partial charge < -0.3 is 14.6 Å². The van der Waals surface area contributed by atoms with Gasteiger partial charge >= 0.3 is 0 Å². The van der Waals surface area contributed by atoms with E-state index < -0.39 is 0 Å². The van der Waals surface area contributed by atoms with Crippen molar-refractivity contribution < 1.29 is 4.74 Å². The summed E-state index contributed by atoms with van der Waals surface area (Å²) in [5.41, 5.74) is -0.112. The van der Waals surface area contributed by atoms with E-state index in [0.717, 1.165) is 44.6 Å². The van der Waals surface area contributed by atoms with E-state index in [1.165, 1.54) is 0 Å². The lowest BCUT2D eigenvalue weighted by Gasteiger charge is -2.39. The number of methoxy groups -OCH3 is 1. The molecule has 0 aliphatic carbocycles. The fourth-order valence-electron chi connectivity index (χ4n) is 3.02. The zero-order valence-electron chi connectivity index (χ0n) is 13.8. The molecule has 0 radical (unpaired) electrons. The zero-order valence-corrected chi connectivity index (χ0v) is 13.8. The summed E-state index contributed by atoms with van der Waals surface area (Å²) in [6, 6.07) is 0.297. The number of ether oxygens (including phenoxy) is 1. The number of aryl methyl sites for hydroxylation is 1. The number of hydrogen-bond donors (Lipinski definition) is 1. The molecule has 0 aliphatic heterocycles.